The largest absolute Gasteiger partial charge is 0.318 e. The van der Waals surface area contributed by atoms with E-state index in [1.807, 2.05) is 44.2 Å². The van der Waals surface area contributed by atoms with Crippen molar-refractivity contribution >= 4 is 51.6 Å². The number of aryl methyl sites for hydroxylation is 3. The summed E-state index contributed by atoms with van der Waals surface area (Å²) in [7, 11) is 0. The van der Waals surface area contributed by atoms with Crippen molar-refractivity contribution in [1.82, 2.24) is 9.47 Å². The molecule has 4 nitrogen and oxygen atoms in total. The lowest BCUT2D eigenvalue weighted by Gasteiger charge is -2.14. The van der Waals surface area contributed by atoms with Crippen molar-refractivity contribution in [3.63, 3.8) is 0 Å². The first kappa shape index (κ1) is 21.9. The number of carbonyl (C=O) groups excluding carboxylic acids is 2. The van der Waals surface area contributed by atoms with Gasteiger partial charge in [-0.1, -0.05) is 24.3 Å². The molecule has 0 aliphatic carbocycles. The van der Waals surface area contributed by atoms with Gasteiger partial charge in [-0.05, 0) is 115 Å². The molecule has 0 N–H and O–H groups in total. The van der Waals surface area contributed by atoms with Gasteiger partial charge in [0.2, 0.25) is 0 Å². The number of thioether (sulfide) groups is 1. The van der Waals surface area contributed by atoms with Gasteiger partial charge in [0.15, 0.2) is 0 Å². The molecule has 1 aliphatic rings. The van der Waals surface area contributed by atoms with E-state index in [-0.39, 0.29) is 11.1 Å². The van der Waals surface area contributed by atoms with Crippen molar-refractivity contribution in [3.8, 4) is 5.69 Å². The fourth-order valence-corrected chi connectivity index (χ4v) is 5.00. The summed E-state index contributed by atoms with van der Waals surface area (Å²) in [6, 6.07) is 16.3. The molecule has 2 amide bonds. The number of rotatable bonds is 4. The number of hydrogen-bond donors (Lipinski definition) is 0. The Labute approximate surface area is 200 Å². The lowest BCUT2D eigenvalue weighted by atomic mass is 10.1. The predicted octanol–water partition coefficient (Wildman–Crippen LogP) is 6.55. The number of benzene rings is 2. The Bertz CT molecular complexity index is 1240. The third kappa shape index (κ3) is 4.23. The molecule has 31 heavy (non-hydrogen) atoms. The van der Waals surface area contributed by atoms with Gasteiger partial charge in [-0.2, -0.15) is 0 Å². The number of hydrogen-bond acceptors (Lipinski definition) is 3. The van der Waals surface area contributed by atoms with Crippen molar-refractivity contribution < 1.29 is 9.59 Å². The smallest absolute Gasteiger partial charge is 0.293 e. The third-order valence-corrected chi connectivity index (χ3v) is 7.74. The molecule has 158 valence electrons. The first-order valence-corrected chi connectivity index (χ1v) is 11.9. The van der Waals surface area contributed by atoms with Gasteiger partial charge < -0.3 is 4.57 Å². The average Bonchev–Trinajstić information content (AvgIpc) is 3.15. The van der Waals surface area contributed by atoms with E-state index >= 15 is 0 Å². The number of nitrogens with zero attached hydrogens (tertiary/aromatic N) is 2. The topological polar surface area (TPSA) is 42.3 Å². The molecular formula is C25H23IN2O2S. The van der Waals surface area contributed by atoms with Crippen LogP contribution in [0, 0.1) is 31.3 Å². The van der Waals surface area contributed by atoms with Crippen LogP contribution in [-0.2, 0) is 11.3 Å². The quantitative estimate of drug-likeness (QED) is 0.277. The number of amides is 2. The summed E-state index contributed by atoms with van der Waals surface area (Å²) < 4.78 is 3.42. The van der Waals surface area contributed by atoms with E-state index < -0.39 is 0 Å². The van der Waals surface area contributed by atoms with Crippen molar-refractivity contribution in [1.29, 1.82) is 0 Å². The molecule has 2 heterocycles. The molecule has 1 aromatic heterocycles. The molecular weight excluding hydrogens is 519 g/mol. The van der Waals surface area contributed by atoms with E-state index in [4.69, 9.17) is 0 Å². The normalized spacial score (nSPS) is 15.4. The minimum absolute atomic E-state index is 0.221. The maximum atomic E-state index is 13.0. The van der Waals surface area contributed by atoms with Crippen molar-refractivity contribution in [3.05, 3.63) is 90.6 Å². The van der Waals surface area contributed by atoms with Crippen LogP contribution in [0.25, 0.3) is 11.8 Å². The van der Waals surface area contributed by atoms with Crippen LogP contribution in [0.15, 0.2) is 53.4 Å². The summed E-state index contributed by atoms with van der Waals surface area (Å²) in [5.41, 5.74) is 7.47. The van der Waals surface area contributed by atoms with E-state index in [9.17, 15) is 9.59 Å². The van der Waals surface area contributed by atoms with Gasteiger partial charge in [0.25, 0.3) is 11.1 Å². The summed E-state index contributed by atoms with van der Waals surface area (Å²) >= 11 is 3.35. The third-order valence-electron chi connectivity index (χ3n) is 5.62. The zero-order valence-electron chi connectivity index (χ0n) is 17.9. The van der Waals surface area contributed by atoms with Gasteiger partial charge in [-0.3, -0.25) is 14.5 Å². The van der Waals surface area contributed by atoms with Gasteiger partial charge in [0, 0.05) is 20.6 Å². The summed E-state index contributed by atoms with van der Waals surface area (Å²) in [6.07, 6.45) is 1.85. The standard InChI is InChI=1S/C25H23IN2O2S/c1-15-7-5-6-8-19(15)14-27-24(29)23(31-25(27)30)13-20-12-17(3)28(18(20)4)21-9-10-22(26)16(2)11-21/h5-13H,14H2,1-4H3/b23-13-. The van der Waals surface area contributed by atoms with Gasteiger partial charge in [0.1, 0.15) is 0 Å². The molecule has 0 atom stereocenters. The van der Waals surface area contributed by atoms with E-state index in [1.54, 1.807) is 0 Å². The Balaban J connectivity index is 1.65. The Morgan fingerprint density at radius 3 is 2.42 bits per heavy atom. The Hall–Kier alpha value is -2.32. The summed E-state index contributed by atoms with van der Waals surface area (Å²) in [6.45, 7) is 8.50. The first-order chi connectivity index (χ1) is 14.8. The van der Waals surface area contributed by atoms with E-state index in [1.165, 1.54) is 14.0 Å². The summed E-state index contributed by atoms with van der Waals surface area (Å²) in [4.78, 5) is 27.4. The predicted molar refractivity (Wildman–Crippen MR) is 135 cm³/mol. The number of imide groups is 1. The van der Waals surface area contributed by atoms with E-state index in [0.29, 0.717) is 11.4 Å². The second-order valence-corrected chi connectivity index (χ2v) is 9.95. The Morgan fingerprint density at radius 2 is 1.71 bits per heavy atom. The molecule has 0 saturated carbocycles. The second kappa shape index (κ2) is 8.67. The van der Waals surface area contributed by atoms with Gasteiger partial charge in [-0.25, -0.2) is 0 Å². The highest BCUT2D eigenvalue weighted by Crippen LogP contribution is 2.35. The molecule has 4 rings (SSSR count). The van der Waals surface area contributed by atoms with Crippen molar-refractivity contribution in [2.75, 3.05) is 0 Å². The van der Waals surface area contributed by atoms with Crippen molar-refractivity contribution in [2.24, 2.45) is 0 Å². The Morgan fingerprint density at radius 1 is 0.968 bits per heavy atom. The first-order valence-electron chi connectivity index (χ1n) is 10.0. The summed E-state index contributed by atoms with van der Waals surface area (Å²) in [5.74, 6) is -0.229. The second-order valence-electron chi connectivity index (χ2n) is 7.79. The van der Waals surface area contributed by atoms with Gasteiger partial charge >= 0.3 is 0 Å². The number of carbonyl (C=O) groups is 2. The minimum atomic E-state index is -0.229. The zero-order valence-corrected chi connectivity index (χ0v) is 20.9. The highest BCUT2D eigenvalue weighted by atomic mass is 127. The van der Waals surface area contributed by atoms with Crippen LogP contribution in [0.4, 0.5) is 4.79 Å². The molecule has 0 radical (unpaired) electrons. The highest BCUT2D eigenvalue weighted by molar-refractivity contribution is 14.1. The van der Waals surface area contributed by atoms with Gasteiger partial charge in [0.05, 0.1) is 11.4 Å². The molecule has 2 aromatic carbocycles. The fraction of sp³-hybridized carbons (Fsp3) is 0.200. The minimum Gasteiger partial charge on any atom is -0.318 e. The molecule has 1 fully saturated rings. The molecule has 0 spiro atoms. The van der Waals surface area contributed by atoms with Crippen LogP contribution >= 0.6 is 34.4 Å². The van der Waals surface area contributed by atoms with E-state index in [2.05, 4.69) is 65.3 Å². The van der Waals surface area contributed by atoms with Crippen LogP contribution in [0.2, 0.25) is 0 Å². The van der Waals surface area contributed by atoms with Crippen molar-refractivity contribution in [2.45, 2.75) is 34.2 Å². The molecule has 0 unspecified atom stereocenters. The monoisotopic (exact) mass is 542 g/mol. The molecule has 3 aromatic rings. The fourth-order valence-electron chi connectivity index (χ4n) is 3.83. The van der Waals surface area contributed by atoms with Crippen LogP contribution in [0.3, 0.4) is 0 Å². The van der Waals surface area contributed by atoms with E-state index in [0.717, 1.165) is 45.5 Å². The van der Waals surface area contributed by atoms with Gasteiger partial charge in [-0.15, -0.1) is 0 Å². The van der Waals surface area contributed by atoms with Crippen LogP contribution in [0.1, 0.15) is 33.6 Å². The number of halogens is 1. The van der Waals surface area contributed by atoms with Crippen LogP contribution < -0.4 is 0 Å². The molecule has 0 bridgehead atoms. The zero-order chi connectivity index (χ0) is 22.3. The lowest BCUT2D eigenvalue weighted by Crippen LogP contribution is -2.27. The Kier molecular flexibility index (Phi) is 6.12. The maximum absolute atomic E-state index is 13.0. The maximum Gasteiger partial charge on any atom is 0.293 e. The molecule has 6 heteroatoms. The lowest BCUT2D eigenvalue weighted by molar-refractivity contribution is -0.123. The SMILES string of the molecule is Cc1cc(-n2c(C)cc(/C=C3\SC(=O)N(Cc4ccccc4C)C3=O)c2C)ccc1I. The summed E-state index contributed by atoms with van der Waals surface area (Å²) in [5, 5.41) is -0.221. The van der Waals surface area contributed by atoms with Crippen LogP contribution in [0.5, 0.6) is 0 Å². The number of aromatic nitrogens is 1. The van der Waals surface area contributed by atoms with Crippen LogP contribution in [-0.4, -0.2) is 20.6 Å². The average molecular weight is 542 g/mol. The molecule has 1 saturated heterocycles. The molecule has 1 aliphatic heterocycles. The highest BCUT2D eigenvalue weighted by Gasteiger charge is 2.35.